The summed E-state index contributed by atoms with van der Waals surface area (Å²) in [6, 6.07) is 18.2. The first kappa shape index (κ1) is 26.5. The molecule has 0 amide bonds. The Morgan fingerprint density at radius 1 is 0.892 bits per heavy atom. The van der Waals surface area contributed by atoms with Crippen LogP contribution >= 0.6 is 0 Å². The summed E-state index contributed by atoms with van der Waals surface area (Å²) in [5.74, 6) is 0.636. The number of carbonyl (C=O) groups excluding carboxylic acids is 1. The smallest absolute Gasteiger partial charge is 0.285 e. The van der Waals surface area contributed by atoms with Gasteiger partial charge in [0.15, 0.2) is 0 Å². The van der Waals surface area contributed by atoms with E-state index in [0.29, 0.717) is 37.6 Å². The quantitative estimate of drug-likeness (QED) is 0.503. The van der Waals surface area contributed by atoms with Crippen molar-refractivity contribution in [1.82, 2.24) is 8.61 Å². The lowest BCUT2D eigenvalue weighted by molar-refractivity contribution is -0.112. The van der Waals surface area contributed by atoms with Crippen LogP contribution in [0.2, 0.25) is 0 Å². The molecule has 200 valence electrons. The van der Waals surface area contributed by atoms with Crippen LogP contribution in [0, 0.1) is 11.8 Å². The fraction of sp³-hybridized carbons (Fsp3) is 0.536. The van der Waals surface area contributed by atoms with Gasteiger partial charge in [-0.1, -0.05) is 60.7 Å². The van der Waals surface area contributed by atoms with E-state index in [1.165, 1.54) is 8.61 Å². The average molecular weight is 529 g/mol. The zero-order valence-corrected chi connectivity index (χ0v) is 21.8. The van der Waals surface area contributed by atoms with Crippen LogP contribution < -0.4 is 0 Å². The molecule has 3 fully saturated rings. The molecule has 1 N–H and O–H groups in total. The Kier molecular flexibility index (Phi) is 8.38. The maximum atomic E-state index is 13.8. The van der Waals surface area contributed by atoms with Gasteiger partial charge in [0, 0.05) is 6.54 Å². The predicted molar refractivity (Wildman–Crippen MR) is 138 cm³/mol. The van der Waals surface area contributed by atoms with Gasteiger partial charge >= 0.3 is 0 Å². The van der Waals surface area contributed by atoms with Crippen LogP contribution in [-0.2, 0) is 37.7 Å². The number of aldehydes is 1. The summed E-state index contributed by atoms with van der Waals surface area (Å²) in [5.41, 5.74) is 1.96. The lowest BCUT2D eigenvalue weighted by atomic mass is 9.67. The van der Waals surface area contributed by atoms with Gasteiger partial charge < -0.3 is 19.4 Å². The molecule has 1 saturated heterocycles. The van der Waals surface area contributed by atoms with Gasteiger partial charge in [-0.3, -0.25) is 0 Å². The summed E-state index contributed by atoms with van der Waals surface area (Å²) in [7, 11) is -3.93. The normalized spacial score (nSPS) is 32.1. The Morgan fingerprint density at radius 3 is 2.24 bits per heavy atom. The maximum absolute atomic E-state index is 13.8. The third-order valence-corrected chi connectivity index (χ3v) is 10.1. The van der Waals surface area contributed by atoms with Crippen molar-refractivity contribution in [1.29, 1.82) is 0 Å². The summed E-state index contributed by atoms with van der Waals surface area (Å²) in [4.78, 5) is 12.0. The van der Waals surface area contributed by atoms with Gasteiger partial charge in [-0.2, -0.15) is 17.0 Å². The van der Waals surface area contributed by atoms with Gasteiger partial charge in [-0.25, -0.2) is 0 Å². The second-order valence-corrected chi connectivity index (χ2v) is 12.3. The van der Waals surface area contributed by atoms with Crippen molar-refractivity contribution in [3.05, 3.63) is 71.8 Å². The molecule has 6 unspecified atom stereocenters. The van der Waals surface area contributed by atoms with Crippen LogP contribution in [0.5, 0.6) is 0 Å². The second-order valence-electron chi connectivity index (χ2n) is 10.5. The van der Waals surface area contributed by atoms with Gasteiger partial charge in [0.2, 0.25) is 0 Å². The van der Waals surface area contributed by atoms with E-state index >= 15 is 0 Å². The van der Waals surface area contributed by atoms with Gasteiger partial charge in [0.25, 0.3) is 10.2 Å². The summed E-state index contributed by atoms with van der Waals surface area (Å²) < 4.78 is 42.3. The van der Waals surface area contributed by atoms with E-state index in [2.05, 4.69) is 0 Å². The molecule has 0 spiro atoms. The third-order valence-electron chi connectivity index (χ3n) is 8.11. The van der Waals surface area contributed by atoms with Crippen molar-refractivity contribution in [2.24, 2.45) is 11.8 Å². The predicted octanol–water partition coefficient (Wildman–Crippen LogP) is 3.12. The molecule has 0 aromatic heterocycles. The van der Waals surface area contributed by atoms with Crippen LogP contribution in [0.25, 0.3) is 0 Å². The first-order valence-electron chi connectivity index (χ1n) is 13.1. The zero-order valence-electron chi connectivity index (χ0n) is 21.0. The summed E-state index contributed by atoms with van der Waals surface area (Å²) in [6.07, 6.45) is 3.79. The number of aliphatic hydroxyl groups excluding tert-OH is 1. The highest BCUT2D eigenvalue weighted by atomic mass is 32.2. The Balaban J connectivity index is 1.33. The molecule has 1 heterocycles. The van der Waals surface area contributed by atoms with E-state index in [0.717, 1.165) is 30.4 Å². The van der Waals surface area contributed by atoms with Gasteiger partial charge in [-0.15, -0.1) is 0 Å². The minimum atomic E-state index is -3.93. The molecular formula is C28H36N2O6S. The van der Waals surface area contributed by atoms with Crippen LogP contribution in [0.4, 0.5) is 0 Å². The Hall–Kier alpha value is -2.14. The SMILES string of the molecule is O=CC1CN(C2CC3CCC(O)CC3CC2OCc2ccccc2)S(=O)(=O)N1COCc1ccccc1. The van der Waals surface area contributed by atoms with Crippen molar-refractivity contribution in [2.45, 2.75) is 69.6 Å². The van der Waals surface area contributed by atoms with E-state index in [1.807, 2.05) is 60.7 Å². The Labute approximate surface area is 219 Å². The van der Waals surface area contributed by atoms with E-state index in [-0.39, 0.29) is 38.1 Å². The minimum Gasteiger partial charge on any atom is -0.393 e. The summed E-state index contributed by atoms with van der Waals surface area (Å²) in [6.45, 7) is 0.557. The van der Waals surface area contributed by atoms with Gasteiger partial charge in [0.1, 0.15) is 13.0 Å². The number of hydrogen-bond acceptors (Lipinski definition) is 6. The van der Waals surface area contributed by atoms with E-state index in [4.69, 9.17) is 9.47 Å². The van der Waals surface area contributed by atoms with Gasteiger partial charge in [0.05, 0.1) is 37.5 Å². The average Bonchev–Trinajstić information content (AvgIpc) is 3.17. The first-order chi connectivity index (χ1) is 18.0. The molecule has 9 heteroatoms. The maximum Gasteiger partial charge on any atom is 0.285 e. The molecule has 8 nitrogen and oxygen atoms in total. The minimum absolute atomic E-state index is 0.0937. The van der Waals surface area contributed by atoms with Crippen molar-refractivity contribution >= 4 is 16.5 Å². The molecule has 6 atom stereocenters. The fourth-order valence-corrected chi connectivity index (χ4v) is 8.00. The highest BCUT2D eigenvalue weighted by Crippen LogP contribution is 2.44. The highest BCUT2D eigenvalue weighted by Gasteiger charge is 2.52. The van der Waals surface area contributed by atoms with Crippen molar-refractivity contribution in [3.8, 4) is 0 Å². The lowest BCUT2D eigenvalue weighted by Gasteiger charge is -2.46. The molecule has 0 bridgehead atoms. The van der Waals surface area contributed by atoms with Crippen LogP contribution in [0.15, 0.2) is 60.7 Å². The summed E-state index contributed by atoms with van der Waals surface area (Å²) >= 11 is 0. The van der Waals surface area contributed by atoms with E-state index in [1.54, 1.807) is 0 Å². The molecule has 1 aliphatic heterocycles. The molecule has 37 heavy (non-hydrogen) atoms. The molecule has 2 aromatic rings. The van der Waals surface area contributed by atoms with Crippen molar-refractivity contribution in [2.75, 3.05) is 13.3 Å². The van der Waals surface area contributed by atoms with Crippen molar-refractivity contribution in [3.63, 3.8) is 0 Å². The fourth-order valence-electron chi connectivity index (χ4n) is 6.16. The molecule has 2 saturated carbocycles. The first-order valence-corrected chi connectivity index (χ1v) is 14.5. The molecule has 2 aromatic carbocycles. The number of fused-ring (bicyclic) bond motifs is 1. The summed E-state index contributed by atoms with van der Waals surface area (Å²) in [5, 5.41) is 10.3. The van der Waals surface area contributed by atoms with Gasteiger partial charge in [-0.05, 0) is 55.1 Å². The number of carbonyl (C=O) groups is 1. The third kappa shape index (κ3) is 5.97. The Morgan fingerprint density at radius 2 is 1.57 bits per heavy atom. The van der Waals surface area contributed by atoms with E-state index < -0.39 is 16.3 Å². The number of ether oxygens (including phenoxy) is 2. The standard InChI is InChI=1S/C28H36N2O6S/c31-17-25-16-29(37(33,34)30(25)20-35-18-21-7-3-1-4-8-21)27-14-23-11-12-26(32)13-24(23)15-28(27)36-19-22-9-5-2-6-10-22/h1-10,17,23-28,32H,11-16,18-20H2. The van der Waals surface area contributed by atoms with Crippen molar-refractivity contribution < 1.29 is 27.8 Å². The molecule has 3 aliphatic rings. The number of benzene rings is 2. The zero-order chi connectivity index (χ0) is 25.8. The topological polar surface area (TPSA) is 96.4 Å². The Bertz CT molecular complexity index is 1130. The largest absolute Gasteiger partial charge is 0.393 e. The number of rotatable bonds is 9. The highest BCUT2D eigenvalue weighted by molar-refractivity contribution is 7.87. The number of nitrogens with zero attached hydrogens (tertiary/aromatic N) is 2. The molecular weight excluding hydrogens is 492 g/mol. The van der Waals surface area contributed by atoms with Crippen LogP contribution in [-0.4, -0.2) is 66.0 Å². The lowest BCUT2D eigenvalue weighted by Crippen LogP contribution is -2.53. The second kappa shape index (κ2) is 11.7. The molecule has 0 radical (unpaired) electrons. The van der Waals surface area contributed by atoms with Crippen LogP contribution in [0.1, 0.15) is 43.2 Å². The monoisotopic (exact) mass is 528 g/mol. The molecule has 2 aliphatic carbocycles. The molecule has 5 rings (SSSR count). The number of hydrogen-bond donors (Lipinski definition) is 1. The number of aliphatic hydroxyl groups is 1. The van der Waals surface area contributed by atoms with E-state index in [9.17, 15) is 18.3 Å². The van der Waals surface area contributed by atoms with Crippen LogP contribution in [0.3, 0.4) is 0 Å².